The Morgan fingerprint density at radius 1 is 1.39 bits per heavy atom. The minimum atomic E-state index is -4.04. The van der Waals surface area contributed by atoms with Crippen molar-refractivity contribution in [1.82, 2.24) is 9.88 Å². The van der Waals surface area contributed by atoms with Gasteiger partial charge in [0.05, 0.1) is 5.92 Å². The van der Waals surface area contributed by atoms with Crippen molar-refractivity contribution in [2.45, 2.75) is 44.4 Å². The predicted molar refractivity (Wildman–Crippen MR) is 64.1 cm³/mol. The topological polar surface area (TPSA) is 17.0 Å². The molecule has 2 nitrogen and oxygen atoms in total. The Morgan fingerprint density at radius 2 is 2.17 bits per heavy atom. The Kier molecular flexibility index (Phi) is 4.00. The lowest BCUT2D eigenvalue weighted by atomic mass is 9.85. The Bertz CT molecular complexity index is 384. The molecule has 2 rings (SSSR count). The summed E-state index contributed by atoms with van der Waals surface area (Å²) in [6.07, 6.45) is -0.0898. The molecule has 102 valence electrons. The molecule has 1 N–H and O–H groups in total. The van der Waals surface area contributed by atoms with Crippen LogP contribution in [-0.2, 0) is 13.6 Å². The first-order valence-electron chi connectivity index (χ1n) is 6.37. The molecule has 18 heavy (non-hydrogen) atoms. The Morgan fingerprint density at radius 3 is 2.78 bits per heavy atom. The van der Waals surface area contributed by atoms with Crippen LogP contribution >= 0.6 is 0 Å². The van der Waals surface area contributed by atoms with E-state index < -0.39 is 12.1 Å². The molecular formula is C13H19F3N2. The van der Waals surface area contributed by atoms with Gasteiger partial charge in [-0.3, -0.25) is 0 Å². The fraction of sp³-hybridized carbons (Fsp3) is 0.692. The van der Waals surface area contributed by atoms with Crippen molar-refractivity contribution in [2.24, 2.45) is 13.0 Å². The van der Waals surface area contributed by atoms with Crippen LogP contribution in [-0.4, -0.2) is 16.8 Å². The summed E-state index contributed by atoms with van der Waals surface area (Å²) in [5, 5.41) is 3.25. The van der Waals surface area contributed by atoms with Crippen molar-refractivity contribution in [2.75, 3.05) is 0 Å². The first kappa shape index (κ1) is 13.5. The van der Waals surface area contributed by atoms with Crippen LogP contribution in [0.25, 0.3) is 0 Å². The summed E-state index contributed by atoms with van der Waals surface area (Å²) in [6, 6.07) is 3.91. The number of nitrogens with zero attached hydrogens (tertiary/aromatic N) is 1. The van der Waals surface area contributed by atoms with Crippen molar-refractivity contribution < 1.29 is 13.2 Å². The van der Waals surface area contributed by atoms with E-state index in [-0.39, 0.29) is 18.9 Å². The summed E-state index contributed by atoms with van der Waals surface area (Å²) >= 11 is 0. The van der Waals surface area contributed by atoms with Crippen LogP contribution < -0.4 is 5.32 Å². The van der Waals surface area contributed by atoms with E-state index in [1.165, 1.54) is 0 Å². The van der Waals surface area contributed by atoms with Crippen LogP contribution in [0.15, 0.2) is 18.3 Å². The first-order valence-corrected chi connectivity index (χ1v) is 6.37. The first-order chi connectivity index (χ1) is 8.47. The van der Waals surface area contributed by atoms with E-state index in [1.807, 2.05) is 29.9 Å². The molecule has 5 heteroatoms. The molecular weight excluding hydrogens is 241 g/mol. The summed E-state index contributed by atoms with van der Waals surface area (Å²) < 4.78 is 40.0. The highest BCUT2D eigenvalue weighted by Gasteiger charge is 2.41. The Balaban J connectivity index is 1.85. The van der Waals surface area contributed by atoms with Crippen LogP contribution in [0.1, 0.15) is 31.4 Å². The lowest BCUT2D eigenvalue weighted by molar-refractivity contribution is -0.183. The number of aromatic nitrogens is 1. The van der Waals surface area contributed by atoms with Crippen LogP contribution in [0, 0.1) is 5.92 Å². The van der Waals surface area contributed by atoms with Gasteiger partial charge in [0.25, 0.3) is 0 Å². The van der Waals surface area contributed by atoms with E-state index in [2.05, 4.69) is 5.32 Å². The average Bonchev–Trinajstić information content (AvgIpc) is 2.72. The Hall–Kier alpha value is -0.970. The maximum Gasteiger partial charge on any atom is 0.391 e. The van der Waals surface area contributed by atoms with Gasteiger partial charge in [-0.1, -0.05) is 6.42 Å². The third-order valence-electron chi connectivity index (χ3n) is 3.76. The maximum absolute atomic E-state index is 12.7. The monoisotopic (exact) mass is 260 g/mol. The molecule has 1 fully saturated rings. The van der Waals surface area contributed by atoms with Crippen molar-refractivity contribution >= 4 is 0 Å². The van der Waals surface area contributed by atoms with Gasteiger partial charge in [-0.05, 0) is 31.4 Å². The van der Waals surface area contributed by atoms with Gasteiger partial charge in [0.15, 0.2) is 0 Å². The number of aryl methyl sites for hydroxylation is 1. The van der Waals surface area contributed by atoms with E-state index in [1.54, 1.807) is 0 Å². The standard InChI is InChI=1S/C13H19F3N2/c1-18-7-3-6-12(18)9-17-11-5-2-4-10(8-11)13(14,15)16/h3,6-7,10-11,17H,2,4-5,8-9H2,1H3. The highest BCUT2D eigenvalue weighted by Crippen LogP contribution is 2.37. The second-order valence-corrected chi connectivity index (χ2v) is 5.09. The van der Waals surface area contributed by atoms with E-state index in [9.17, 15) is 13.2 Å². The molecule has 1 aliphatic rings. The zero-order valence-electron chi connectivity index (χ0n) is 10.5. The van der Waals surface area contributed by atoms with Gasteiger partial charge in [-0.15, -0.1) is 0 Å². The zero-order valence-corrected chi connectivity index (χ0v) is 10.5. The summed E-state index contributed by atoms with van der Waals surface area (Å²) in [5.74, 6) is -1.13. The van der Waals surface area contributed by atoms with Gasteiger partial charge in [-0.2, -0.15) is 13.2 Å². The molecule has 2 atom stereocenters. The molecule has 1 heterocycles. The molecule has 1 aromatic heterocycles. The third kappa shape index (κ3) is 3.28. The fourth-order valence-electron chi connectivity index (χ4n) is 2.60. The molecule has 0 bridgehead atoms. The largest absolute Gasteiger partial charge is 0.391 e. The molecule has 1 saturated carbocycles. The zero-order chi connectivity index (χ0) is 13.2. The van der Waals surface area contributed by atoms with Crippen molar-refractivity contribution in [3.8, 4) is 0 Å². The second-order valence-electron chi connectivity index (χ2n) is 5.09. The minimum Gasteiger partial charge on any atom is -0.353 e. The third-order valence-corrected chi connectivity index (χ3v) is 3.76. The molecule has 1 aromatic rings. The minimum absolute atomic E-state index is 0.0136. The van der Waals surface area contributed by atoms with Crippen LogP contribution in [0.4, 0.5) is 13.2 Å². The number of alkyl halides is 3. The Labute approximate surface area is 105 Å². The quantitative estimate of drug-likeness (QED) is 0.883. The summed E-state index contributed by atoms with van der Waals surface area (Å²) in [6.45, 7) is 0.638. The number of nitrogens with one attached hydrogen (secondary N) is 1. The van der Waals surface area contributed by atoms with E-state index in [0.717, 1.165) is 12.1 Å². The van der Waals surface area contributed by atoms with Crippen LogP contribution in [0.3, 0.4) is 0 Å². The maximum atomic E-state index is 12.7. The lowest BCUT2D eigenvalue weighted by Gasteiger charge is -2.31. The SMILES string of the molecule is Cn1cccc1CNC1CCCC(C(F)(F)F)C1. The highest BCUT2D eigenvalue weighted by molar-refractivity contribution is 5.06. The highest BCUT2D eigenvalue weighted by atomic mass is 19.4. The average molecular weight is 260 g/mol. The van der Waals surface area contributed by atoms with Crippen molar-refractivity contribution in [1.29, 1.82) is 0 Å². The van der Waals surface area contributed by atoms with Crippen molar-refractivity contribution in [3.05, 3.63) is 24.0 Å². The summed E-state index contributed by atoms with van der Waals surface area (Å²) in [7, 11) is 1.94. The van der Waals surface area contributed by atoms with Gasteiger partial charge in [-0.25, -0.2) is 0 Å². The molecule has 0 saturated heterocycles. The van der Waals surface area contributed by atoms with Gasteiger partial charge in [0.2, 0.25) is 0 Å². The number of rotatable bonds is 3. The molecule has 2 unspecified atom stereocenters. The van der Waals surface area contributed by atoms with Crippen molar-refractivity contribution in [3.63, 3.8) is 0 Å². The van der Waals surface area contributed by atoms with E-state index in [4.69, 9.17) is 0 Å². The molecule has 0 radical (unpaired) electrons. The van der Waals surface area contributed by atoms with Gasteiger partial charge < -0.3 is 9.88 Å². The molecule has 0 aliphatic heterocycles. The normalized spacial score (nSPS) is 25.3. The van der Waals surface area contributed by atoms with Gasteiger partial charge in [0.1, 0.15) is 0 Å². The van der Waals surface area contributed by atoms with E-state index >= 15 is 0 Å². The number of hydrogen-bond acceptors (Lipinski definition) is 1. The molecule has 0 amide bonds. The summed E-state index contributed by atoms with van der Waals surface area (Å²) in [5.41, 5.74) is 1.10. The lowest BCUT2D eigenvalue weighted by Crippen LogP contribution is -2.38. The van der Waals surface area contributed by atoms with Gasteiger partial charge in [0, 0.05) is 31.5 Å². The summed E-state index contributed by atoms with van der Waals surface area (Å²) in [4.78, 5) is 0. The fourth-order valence-corrected chi connectivity index (χ4v) is 2.60. The second kappa shape index (κ2) is 5.34. The number of halogens is 3. The van der Waals surface area contributed by atoms with E-state index in [0.29, 0.717) is 13.0 Å². The molecule has 1 aliphatic carbocycles. The van der Waals surface area contributed by atoms with Crippen LogP contribution in [0.5, 0.6) is 0 Å². The van der Waals surface area contributed by atoms with Gasteiger partial charge >= 0.3 is 6.18 Å². The number of hydrogen-bond donors (Lipinski definition) is 1. The predicted octanol–water partition coefficient (Wildman–Crippen LogP) is 3.24. The van der Waals surface area contributed by atoms with Crippen LogP contribution in [0.2, 0.25) is 0 Å². The molecule has 0 aromatic carbocycles. The smallest absolute Gasteiger partial charge is 0.353 e. The molecule has 0 spiro atoms.